The van der Waals surface area contributed by atoms with Crippen LogP contribution in [0.2, 0.25) is 0 Å². The maximum atomic E-state index is 11.7. The fraction of sp³-hybridized carbons (Fsp3) is 0.562. The van der Waals surface area contributed by atoms with Crippen molar-refractivity contribution in [2.45, 2.75) is 32.4 Å². The average molecular weight is 293 g/mol. The van der Waals surface area contributed by atoms with E-state index in [1.54, 1.807) is 14.2 Å². The molecule has 1 aliphatic rings. The number of methoxy groups -OCH3 is 2. The van der Waals surface area contributed by atoms with Crippen molar-refractivity contribution in [3.63, 3.8) is 0 Å². The number of carbonyl (C=O) groups is 1. The second kappa shape index (κ2) is 7.31. The lowest BCUT2D eigenvalue weighted by Gasteiger charge is -2.22. The zero-order valence-electron chi connectivity index (χ0n) is 12.9. The molecule has 0 atom stereocenters. The predicted octanol–water partition coefficient (Wildman–Crippen LogP) is 2.23. The summed E-state index contributed by atoms with van der Waals surface area (Å²) >= 11 is 0. The van der Waals surface area contributed by atoms with Crippen molar-refractivity contribution < 1.29 is 19.0 Å². The minimum absolute atomic E-state index is 0.175. The highest BCUT2D eigenvalue weighted by molar-refractivity contribution is 5.71. The van der Waals surface area contributed by atoms with Crippen LogP contribution >= 0.6 is 0 Å². The van der Waals surface area contributed by atoms with Crippen molar-refractivity contribution in [3.05, 3.63) is 23.8 Å². The standard InChI is InChI=1S/C16H23NO4/c1-4-21-16(18)11-17(13-5-6-13)10-12-9-14(19-2)7-8-15(12)20-3/h7-9,13H,4-6,10-11H2,1-3H3. The predicted molar refractivity (Wildman–Crippen MR) is 79.6 cm³/mol. The lowest BCUT2D eigenvalue weighted by Crippen LogP contribution is -2.32. The van der Waals surface area contributed by atoms with Crippen LogP contribution in [0.5, 0.6) is 11.5 Å². The summed E-state index contributed by atoms with van der Waals surface area (Å²) in [6.07, 6.45) is 2.26. The number of benzene rings is 1. The van der Waals surface area contributed by atoms with Gasteiger partial charge in [0.15, 0.2) is 0 Å². The SMILES string of the molecule is CCOC(=O)CN(Cc1cc(OC)ccc1OC)C1CC1. The first kappa shape index (κ1) is 15.6. The first-order valence-electron chi connectivity index (χ1n) is 7.28. The molecule has 1 aromatic carbocycles. The normalized spacial score (nSPS) is 14.1. The molecule has 0 amide bonds. The number of hydrogen-bond acceptors (Lipinski definition) is 5. The van der Waals surface area contributed by atoms with Gasteiger partial charge in [-0.25, -0.2) is 0 Å². The Morgan fingerprint density at radius 2 is 2.05 bits per heavy atom. The molecule has 2 rings (SSSR count). The minimum atomic E-state index is -0.175. The van der Waals surface area contributed by atoms with Gasteiger partial charge in [-0.2, -0.15) is 0 Å². The van der Waals surface area contributed by atoms with Crippen LogP contribution in [0, 0.1) is 0 Å². The largest absolute Gasteiger partial charge is 0.497 e. The van der Waals surface area contributed by atoms with Crippen LogP contribution in [0.1, 0.15) is 25.3 Å². The van der Waals surface area contributed by atoms with Gasteiger partial charge in [-0.15, -0.1) is 0 Å². The summed E-state index contributed by atoms with van der Waals surface area (Å²) in [4.78, 5) is 13.9. The maximum Gasteiger partial charge on any atom is 0.320 e. The topological polar surface area (TPSA) is 48.0 Å². The molecule has 5 heteroatoms. The summed E-state index contributed by atoms with van der Waals surface area (Å²) in [6.45, 7) is 3.22. The van der Waals surface area contributed by atoms with Gasteiger partial charge in [0, 0.05) is 18.2 Å². The number of ether oxygens (including phenoxy) is 3. The lowest BCUT2D eigenvalue weighted by molar-refractivity contribution is -0.144. The fourth-order valence-corrected chi connectivity index (χ4v) is 2.35. The number of hydrogen-bond donors (Lipinski definition) is 0. The third-order valence-electron chi connectivity index (χ3n) is 3.56. The Balaban J connectivity index is 2.10. The van der Waals surface area contributed by atoms with E-state index in [2.05, 4.69) is 4.90 Å². The molecule has 5 nitrogen and oxygen atoms in total. The first-order valence-corrected chi connectivity index (χ1v) is 7.28. The summed E-state index contributed by atoms with van der Waals surface area (Å²) < 4.78 is 15.7. The van der Waals surface area contributed by atoms with Crippen molar-refractivity contribution >= 4 is 5.97 Å². The van der Waals surface area contributed by atoms with Crippen LogP contribution in [-0.2, 0) is 16.1 Å². The van der Waals surface area contributed by atoms with E-state index in [4.69, 9.17) is 14.2 Å². The summed E-state index contributed by atoms with van der Waals surface area (Å²) in [6, 6.07) is 6.18. The smallest absolute Gasteiger partial charge is 0.320 e. The highest BCUT2D eigenvalue weighted by atomic mass is 16.5. The number of nitrogens with zero attached hydrogens (tertiary/aromatic N) is 1. The summed E-state index contributed by atoms with van der Waals surface area (Å²) in [5.74, 6) is 1.43. The van der Waals surface area contributed by atoms with Crippen molar-refractivity contribution in [1.82, 2.24) is 4.90 Å². The Kier molecular flexibility index (Phi) is 5.44. The molecule has 1 aliphatic carbocycles. The molecule has 0 aromatic heterocycles. The molecule has 21 heavy (non-hydrogen) atoms. The van der Waals surface area contributed by atoms with Gasteiger partial charge in [0.05, 0.1) is 27.4 Å². The molecule has 0 unspecified atom stereocenters. The highest BCUT2D eigenvalue weighted by Crippen LogP contribution is 2.31. The molecule has 0 aliphatic heterocycles. The van der Waals surface area contributed by atoms with Crippen LogP contribution < -0.4 is 9.47 Å². The van der Waals surface area contributed by atoms with Crippen LogP contribution in [0.3, 0.4) is 0 Å². The summed E-state index contributed by atoms with van der Waals surface area (Å²) in [5.41, 5.74) is 1.02. The molecule has 0 N–H and O–H groups in total. The van der Waals surface area contributed by atoms with Gasteiger partial charge in [0.25, 0.3) is 0 Å². The second-order valence-corrected chi connectivity index (χ2v) is 5.12. The van der Waals surface area contributed by atoms with E-state index in [-0.39, 0.29) is 5.97 Å². The van der Waals surface area contributed by atoms with Gasteiger partial charge in [-0.1, -0.05) is 0 Å². The molecule has 0 spiro atoms. The zero-order chi connectivity index (χ0) is 15.2. The average Bonchev–Trinajstić information content (AvgIpc) is 3.31. The van der Waals surface area contributed by atoms with Crippen molar-refractivity contribution in [1.29, 1.82) is 0 Å². The Labute approximate surface area is 125 Å². The quantitative estimate of drug-likeness (QED) is 0.688. The van der Waals surface area contributed by atoms with E-state index in [1.165, 1.54) is 0 Å². The summed E-state index contributed by atoms with van der Waals surface area (Å²) in [7, 11) is 3.29. The molecular formula is C16H23NO4. The third-order valence-corrected chi connectivity index (χ3v) is 3.56. The number of esters is 1. The monoisotopic (exact) mass is 293 g/mol. The van der Waals surface area contributed by atoms with Crippen molar-refractivity contribution in [3.8, 4) is 11.5 Å². The van der Waals surface area contributed by atoms with E-state index < -0.39 is 0 Å². The van der Waals surface area contributed by atoms with E-state index >= 15 is 0 Å². The molecule has 0 heterocycles. The number of carbonyl (C=O) groups excluding carboxylic acids is 1. The van der Waals surface area contributed by atoms with E-state index in [0.29, 0.717) is 25.7 Å². The van der Waals surface area contributed by atoms with Gasteiger partial charge < -0.3 is 14.2 Å². The van der Waals surface area contributed by atoms with Crippen LogP contribution in [-0.4, -0.2) is 44.3 Å². The molecule has 0 bridgehead atoms. The Hall–Kier alpha value is -1.75. The van der Waals surface area contributed by atoms with E-state index in [1.807, 2.05) is 25.1 Å². The zero-order valence-corrected chi connectivity index (χ0v) is 12.9. The molecule has 0 saturated heterocycles. The van der Waals surface area contributed by atoms with Gasteiger partial charge >= 0.3 is 5.97 Å². The Morgan fingerprint density at radius 1 is 1.29 bits per heavy atom. The minimum Gasteiger partial charge on any atom is -0.497 e. The van der Waals surface area contributed by atoms with Gasteiger partial charge in [0.2, 0.25) is 0 Å². The van der Waals surface area contributed by atoms with Crippen molar-refractivity contribution in [2.24, 2.45) is 0 Å². The maximum absolute atomic E-state index is 11.7. The van der Waals surface area contributed by atoms with Gasteiger partial charge in [-0.3, -0.25) is 9.69 Å². The molecule has 0 radical (unpaired) electrons. The molecule has 1 aromatic rings. The third kappa shape index (κ3) is 4.36. The van der Waals surface area contributed by atoms with E-state index in [0.717, 1.165) is 29.9 Å². The van der Waals surface area contributed by atoms with E-state index in [9.17, 15) is 4.79 Å². The Bertz CT molecular complexity index is 485. The second-order valence-electron chi connectivity index (χ2n) is 5.12. The lowest BCUT2D eigenvalue weighted by atomic mass is 10.1. The van der Waals surface area contributed by atoms with Gasteiger partial charge in [0.1, 0.15) is 11.5 Å². The van der Waals surface area contributed by atoms with Crippen LogP contribution in [0.4, 0.5) is 0 Å². The van der Waals surface area contributed by atoms with Crippen molar-refractivity contribution in [2.75, 3.05) is 27.4 Å². The highest BCUT2D eigenvalue weighted by Gasteiger charge is 2.31. The molecule has 1 saturated carbocycles. The fourth-order valence-electron chi connectivity index (χ4n) is 2.35. The van der Waals surface area contributed by atoms with Gasteiger partial charge in [-0.05, 0) is 38.0 Å². The van der Waals surface area contributed by atoms with Crippen LogP contribution in [0.25, 0.3) is 0 Å². The van der Waals surface area contributed by atoms with Crippen LogP contribution in [0.15, 0.2) is 18.2 Å². The first-order chi connectivity index (χ1) is 10.2. The molecular weight excluding hydrogens is 270 g/mol. The molecule has 116 valence electrons. The number of rotatable bonds is 8. The Morgan fingerprint density at radius 3 is 2.62 bits per heavy atom. The summed E-state index contributed by atoms with van der Waals surface area (Å²) in [5, 5.41) is 0. The molecule has 1 fully saturated rings.